The molecule has 112 valence electrons. The van der Waals surface area contributed by atoms with Crippen LogP contribution in [0.3, 0.4) is 0 Å². The number of likely N-dealkylation sites (N-methyl/N-ethyl adjacent to an activating group) is 1. The van der Waals surface area contributed by atoms with Gasteiger partial charge in [0.1, 0.15) is 0 Å². The van der Waals surface area contributed by atoms with Crippen molar-refractivity contribution in [3.8, 4) is 0 Å². The first-order chi connectivity index (χ1) is 9.03. The van der Waals surface area contributed by atoms with Crippen molar-refractivity contribution < 1.29 is 0 Å². The summed E-state index contributed by atoms with van der Waals surface area (Å²) >= 11 is 0. The molecule has 0 spiro atoms. The van der Waals surface area contributed by atoms with Crippen molar-refractivity contribution in [3.05, 3.63) is 0 Å². The zero-order valence-corrected chi connectivity index (χ0v) is 13.4. The topological polar surface area (TPSA) is 18.5 Å². The zero-order valence-electron chi connectivity index (χ0n) is 13.4. The third-order valence-electron chi connectivity index (χ3n) is 5.60. The van der Waals surface area contributed by atoms with Crippen molar-refractivity contribution in [3.63, 3.8) is 0 Å². The minimum absolute atomic E-state index is 0.425. The van der Waals surface area contributed by atoms with E-state index in [2.05, 4.69) is 43.2 Å². The summed E-state index contributed by atoms with van der Waals surface area (Å²) in [4.78, 5) is 4.95. The standard InChI is InChI=1S/C16H33N3/c1-14(15-8-7-11-19(4)12-15)17-13-16(18(2)3)9-5-6-10-16/h14-15,17H,5-13H2,1-4H3. The SMILES string of the molecule is CC(NCC1(N(C)C)CCCC1)C1CCCN(C)C1. The highest BCUT2D eigenvalue weighted by atomic mass is 15.2. The lowest BCUT2D eigenvalue weighted by molar-refractivity contribution is 0.131. The molecule has 2 unspecified atom stereocenters. The van der Waals surface area contributed by atoms with Gasteiger partial charge in [-0.2, -0.15) is 0 Å². The van der Waals surface area contributed by atoms with Gasteiger partial charge < -0.3 is 15.1 Å². The van der Waals surface area contributed by atoms with Crippen molar-refractivity contribution in [2.45, 2.75) is 57.0 Å². The molecule has 1 N–H and O–H groups in total. The molecule has 0 bridgehead atoms. The summed E-state index contributed by atoms with van der Waals surface area (Å²) in [6.45, 7) is 6.11. The molecule has 0 aromatic heterocycles. The second kappa shape index (κ2) is 6.55. The van der Waals surface area contributed by atoms with Gasteiger partial charge in [0, 0.05) is 24.7 Å². The highest BCUT2D eigenvalue weighted by Crippen LogP contribution is 2.33. The van der Waals surface area contributed by atoms with Gasteiger partial charge in [0.25, 0.3) is 0 Å². The van der Waals surface area contributed by atoms with Crippen LogP contribution in [0, 0.1) is 5.92 Å². The van der Waals surface area contributed by atoms with Crippen molar-refractivity contribution in [1.29, 1.82) is 0 Å². The zero-order chi connectivity index (χ0) is 13.9. The molecule has 1 saturated heterocycles. The fraction of sp³-hybridized carbons (Fsp3) is 1.00. The summed E-state index contributed by atoms with van der Waals surface area (Å²) < 4.78 is 0. The molecular weight excluding hydrogens is 234 g/mol. The maximum atomic E-state index is 3.87. The normalized spacial score (nSPS) is 29.8. The predicted octanol–water partition coefficient (Wildman–Crippen LogP) is 2.18. The minimum Gasteiger partial charge on any atom is -0.312 e. The summed E-state index contributed by atoms with van der Waals surface area (Å²) in [5.41, 5.74) is 0.425. The lowest BCUT2D eigenvalue weighted by Crippen LogP contribution is -2.53. The third-order valence-corrected chi connectivity index (χ3v) is 5.60. The van der Waals surface area contributed by atoms with Crippen molar-refractivity contribution in [1.82, 2.24) is 15.1 Å². The lowest BCUT2D eigenvalue weighted by atomic mass is 9.90. The molecular formula is C16H33N3. The van der Waals surface area contributed by atoms with E-state index in [1.54, 1.807) is 0 Å². The molecule has 0 radical (unpaired) electrons. The first kappa shape index (κ1) is 15.3. The van der Waals surface area contributed by atoms with E-state index in [4.69, 9.17) is 0 Å². The van der Waals surface area contributed by atoms with Crippen LogP contribution in [0.15, 0.2) is 0 Å². The molecule has 2 rings (SSSR count). The molecule has 2 aliphatic rings. The Morgan fingerprint density at radius 2 is 1.95 bits per heavy atom. The number of hydrogen-bond acceptors (Lipinski definition) is 3. The van der Waals surface area contributed by atoms with Gasteiger partial charge in [0.2, 0.25) is 0 Å². The van der Waals surface area contributed by atoms with E-state index >= 15 is 0 Å². The van der Waals surface area contributed by atoms with E-state index in [0.717, 1.165) is 5.92 Å². The number of likely N-dealkylation sites (tertiary alicyclic amines) is 1. The summed E-state index contributed by atoms with van der Waals surface area (Å²) in [6.07, 6.45) is 8.30. The molecule has 1 heterocycles. The summed E-state index contributed by atoms with van der Waals surface area (Å²) in [5, 5.41) is 3.87. The smallest absolute Gasteiger partial charge is 0.0327 e. The number of rotatable bonds is 5. The molecule has 19 heavy (non-hydrogen) atoms. The second-order valence-corrected chi connectivity index (χ2v) is 7.16. The second-order valence-electron chi connectivity index (χ2n) is 7.16. The Bertz CT molecular complexity index is 271. The number of hydrogen-bond donors (Lipinski definition) is 1. The van der Waals surface area contributed by atoms with Gasteiger partial charge in [-0.25, -0.2) is 0 Å². The van der Waals surface area contributed by atoms with Crippen LogP contribution in [0.5, 0.6) is 0 Å². The molecule has 1 aliphatic heterocycles. The van der Waals surface area contributed by atoms with Crippen molar-refractivity contribution in [2.24, 2.45) is 5.92 Å². The van der Waals surface area contributed by atoms with Gasteiger partial charge in [0.05, 0.1) is 0 Å². The number of piperidine rings is 1. The number of nitrogens with one attached hydrogen (secondary N) is 1. The van der Waals surface area contributed by atoms with E-state index < -0.39 is 0 Å². The van der Waals surface area contributed by atoms with Crippen LogP contribution in [0.1, 0.15) is 45.4 Å². The van der Waals surface area contributed by atoms with Gasteiger partial charge in [-0.3, -0.25) is 0 Å². The quantitative estimate of drug-likeness (QED) is 0.824. The summed E-state index contributed by atoms with van der Waals surface area (Å²) in [5.74, 6) is 0.833. The Morgan fingerprint density at radius 1 is 1.26 bits per heavy atom. The molecule has 1 aliphatic carbocycles. The Labute approximate surface area is 119 Å². The van der Waals surface area contributed by atoms with Crippen LogP contribution in [-0.4, -0.2) is 62.2 Å². The molecule has 3 nitrogen and oxygen atoms in total. The molecule has 0 aromatic carbocycles. The average molecular weight is 267 g/mol. The van der Waals surface area contributed by atoms with Gasteiger partial charge in [-0.05, 0) is 66.2 Å². The van der Waals surface area contributed by atoms with Crippen LogP contribution < -0.4 is 5.32 Å². The molecule has 0 aromatic rings. The number of nitrogens with zero attached hydrogens (tertiary/aromatic N) is 2. The van der Waals surface area contributed by atoms with Crippen molar-refractivity contribution >= 4 is 0 Å². The maximum Gasteiger partial charge on any atom is 0.0327 e. The van der Waals surface area contributed by atoms with Crippen LogP contribution >= 0.6 is 0 Å². The van der Waals surface area contributed by atoms with E-state index in [-0.39, 0.29) is 0 Å². The molecule has 0 amide bonds. The highest BCUT2D eigenvalue weighted by molar-refractivity contribution is 4.95. The fourth-order valence-electron chi connectivity index (χ4n) is 3.95. The van der Waals surface area contributed by atoms with E-state index in [0.29, 0.717) is 11.6 Å². The first-order valence-electron chi connectivity index (χ1n) is 8.13. The first-order valence-corrected chi connectivity index (χ1v) is 8.13. The van der Waals surface area contributed by atoms with Crippen LogP contribution in [0.25, 0.3) is 0 Å². The van der Waals surface area contributed by atoms with E-state index in [1.165, 1.54) is 58.2 Å². The van der Waals surface area contributed by atoms with Gasteiger partial charge in [-0.1, -0.05) is 12.8 Å². The Morgan fingerprint density at radius 3 is 2.53 bits per heavy atom. The molecule has 2 atom stereocenters. The monoisotopic (exact) mass is 267 g/mol. The summed E-state index contributed by atoms with van der Waals surface area (Å²) in [6, 6.07) is 0.653. The average Bonchev–Trinajstić information content (AvgIpc) is 2.86. The van der Waals surface area contributed by atoms with Gasteiger partial charge >= 0.3 is 0 Å². The fourth-order valence-corrected chi connectivity index (χ4v) is 3.95. The van der Waals surface area contributed by atoms with Gasteiger partial charge in [-0.15, -0.1) is 0 Å². The third kappa shape index (κ3) is 3.71. The van der Waals surface area contributed by atoms with Crippen LogP contribution in [0.4, 0.5) is 0 Å². The Kier molecular flexibility index (Phi) is 5.27. The Balaban J connectivity index is 1.83. The molecule has 2 fully saturated rings. The lowest BCUT2D eigenvalue weighted by Gasteiger charge is -2.40. The van der Waals surface area contributed by atoms with E-state index in [1.807, 2.05) is 0 Å². The van der Waals surface area contributed by atoms with Crippen molar-refractivity contribution in [2.75, 3.05) is 40.8 Å². The van der Waals surface area contributed by atoms with Gasteiger partial charge in [0.15, 0.2) is 0 Å². The molecule has 1 saturated carbocycles. The van der Waals surface area contributed by atoms with E-state index in [9.17, 15) is 0 Å². The molecule has 3 heteroatoms. The predicted molar refractivity (Wildman–Crippen MR) is 82.6 cm³/mol. The Hall–Kier alpha value is -0.120. The maximum absolute atomic E-state index is 3.87. The van der Waals surface area contributed by atoms with Crippen LogP contribution in [0.2, 0.25) is 0 Å². The highest BCUT2D eigenvalue weighted by Gasteiger charge is 2.36. The van der Waals surface area contributed by atoms with Crippen LogP contribution in [-0.2, 0) is 0 Å². The largest absolute Gasteiger partial charge is 0.312 e. The minimum atomic E-state index is 0.425. The summed E-state index contributed by atoms with van der Waals surface area (Å²) in [7, 11) is 6.77.